The summed E-state index contributed by atoms with van der Waals surface area (Å²) < 4.78 is 39.9. The van der Waals surface area contributed by atoms with Crippen molar-refractivity contribution >= 4 is 17.6 Å². The second-order valence-corrected chi connectivity index (χ2v) is 7.78. The van der Waals surface area contributed by atoms with E-state index in [1.165, 1.54) is 40.0 Å². The Balaban J connectivity index is 2.16. The molecule has 2 heterocycles. The lowest BCUT2D eigenvalue weighted by molar-refractivity contribution is -0.137. The van der Waals surface area contributed by atoms with E-state index < -0.39 is 23.8 Å². The Labute approximate surface area is 190 Å². The fourth-order valence-electron chi connectivity index (χ4n) is 3.93. The van der Waals surface area contributed by atoms with Crippen LogP contribution in [0.4, 0.5) is 23.7 Å². The summed E-state index contributed by atoms with van der Waals surface area (Å²) in [5.41, 5.74) is 0.560. The summed E-state index contributed by atoms with van der Waals surface area (Å²) in [5, 5.41) is 9.13. The average molecular weight is 456 g/mol. The fraction of sp³-hybridized carbons (Fsp3) is 0.292. The van der Waals surface area contributed by atoms with Crippen LogP contribution < -0.4 is 4.90 Å². The van der Waals surface area contributed by atoms with Gasteiger partial charge >= 0.3 is 12.2 Å². The molecule has 3 amide bonds. The van der Waals surface area contributed by atoms with Crippen molar-refractivity contribution in [3.05, 3.63) is 77.1 Å². The zero-order valence-corrected chi connectivity index (χ0v) is 18.5. The summed E-state index contributed by atoms with van der Waals surface area (Å²) in [5.74, 6) is -0.335. The third-order valence-corrected chi connectivity index (χ3v) is 5.70. The molecule has 0 fully saturated rings. The highest BCUT2D eigenvalue weighted by Crippen LogP contribution is 2.39. The summed E-state index contributed by atoms with van der Waals surface area (Å²) in [6.45, 7) is 6.03. The van der Waals surface area contributed by atoms with Crippen LogP contribution in [0.5, 0.6) is 0 Å². The van der Waals surface area contributed by atoms with Crippen LogP contribution in [0.15, 0.2) is 71.5 Å². The summed E-state index contributed by atoms with van der Waals surface area (Å²) in [4.78, 5) is 30.5. The molecular formula is C24H23F3N4O2. The molecule has 0 saturated carbocycles. The van der Waals surface area contributed by atoms with Gasteiger partial charge in [-0.2, -0.15) is 18.4 Å². The van der Waals surface area contributed by atoms with Gasteiger partial charge in [0.2, 0.25) is 0 Å². The lowest BCUT2D eigenvalue weighted by Crippen LogP contribution is -2.57. The average Bonchev–Trinajstić information content (AvgIpc) is 2.77. The van der Waals surface area contributed by atoms with Crippen LogP contribution in [0.1, 0.15) is 18.9 Å². The van der Waals surface area contributed by atoms with Crippen molar-refractivity contribution in [3.63, 3.8) is 0 Å². The smallest absolute Gasteiger partial charge is 0.341 e. The fourth-order valence-corrected chi connectivity index (χ4v) is 3.93. The molecule has 172 valence electrons. The zero-order valence-electron chi connectivity index (χ0n) is 18.5. The van der Waals surface area contributed by atoms with Gasteiger partial charge < -0.3 is 9.80 Å². The van der Waals surface area contributed by atoms with Gasteiger partial charge in [0.25, 0.3) is 5.91 Å². The number of hydrogen-bond acceptors (Lipinski definition) is 3. The first-order chi connectivity index (χ1) is 15.5. The van der Waals surface area contributed by atoms with E-state index in [0.717, 1.165) is 12.1 Å². The molecule has 0 unspecified atom stereocenters. The number of nitriles is 1. The van der Waals surface area contributed by atoms with E-state index in [1.54, 1.807) is 26.1 Å². The minimum absolute atomic E-state index is 0.0341. The normalized spacial score (nSPS) is 19.8. The van der Waals surface area contributed by atoms with Crippen LogP contribution >= 0.6 is 0 Å². The van der Waals surface area contributed by atoms with Crippen molar-refractivity contribution in [1.82, 2.24) is 9.80 Å². The monoisotopic (exact) mass is 456 g/mol. The molecule has 3 rings (SSSR count). The number of rotatable bonds is 4. The molecule has 0 bridgehead atoms. The van der Waals surface area contributed by atoms with Gasteiger partial charge in [0.15, 0.2) is 0 Å². The minimum Gasteiger partial charge on any atom is -0.341 e. The van der Waals surface area contributed by atoms with Crippen molar-refractivity contribution < 1.29 is 22.8 Å². The summed E-state index contributed by atoms with van der Waals surface area (Å²) in [6, 6.07) is 5.10. The first kappa shape index (κ1) is 23.9. The van der Waals surface area contributed by atoms with Gasteiger partial charge in [-0.05, 0) is 36.8 Å². The maximum atomic E-state index is 13.4. The van der Waals surface area contributed by atoms with Crippen LogP contribution in [-0.2, 0) is 11.0 Å². The Hall–Kier alpha value is -3.80. The predicted molar refractivity (Wildman–Crippen MR) is 118 cm³/mol. The van der Waals surface area contributed by atoms with Crippen LogP contribution in [0.25, 0.3) is 0 Å². The molecule has 0 aromatic heterocycles. The number of carbonyl (C=O) groups excluding carboxylic acids is 2. The molecule has 9 heteroatoms. The molecule has 1 atom stereocenters. The minimum atomic E-state index is -4.58. The second kappa shape index (κ2) is 8.98. The molecule has 0 spiro atoms. The van der Waals surface area contributed by atoms with Crippen molar-refractivity contribution in [2.75, 3.05) is 25.5 Å². The quantitative estimate of drug-likeness (QED) is 0.490. The number of allylic oxidation sites excluding steroid dienone is 3. The Kier molecular flexibility index (Phi) is 6.49. The third kappa shape index (κ3) is 4.42. The summed E-state index contributed by atoms with van der Waals surface area (Å²) in [6.07, 6.45) is 0.433. The largest absolute Gasteiger partial charge is 0.416 e. The van der Waals surface area contributed by atoms with E-state index in [-0.39, 0.29) is 17.2 Å². The molecule has 0 aliphatic carbocycles. The first-order valence-corrected chi connectivity index (χ1v) is 10.2. The number of anilines is 1. The van der Waals surface area contributed by atoms with Crippen LogP contribution in [0, 0.1) is 11.3 Å². The standard InChI is InChI=1S/C24H23F3N4O2/c1-5-16(14-28)10-9-15(2)21-20-19(11-12-29(3)22(20)32)31(23(33)30(21)4)18-8-6-7-17(13-18)24(25,26)27/h5-10,13,21H,2,11-12H2,1,3-4H3/b10-9-,16-5+/t21-/m1/s1. The van der Waals surface area contributed by atoms with E-state index >= 15 is 0 Å². The Bertz CT molecular complexity index is 1140. The molecule has 33 heavy (non-hydrogen) atoms. The van der Waals surface area contributed by atoms with Crippen LogP contribution in [0.2, 0.25) is 0 Å². The number of likely N-dealkylation sites (N-methyl/N-ethyl adjacent to an activating group) is 2. The molecule has 0 saturated heterocycles. The number of hydrogen-bond donors (Lipinski definition) is 0. The van der Waals surface area contributed by atoms with E-state index in [2.05, 4.69) is 6.58 Å². The third-order valence-electron chi connectivity index (χ3n) is 5.70. The molecule has 6 nitrogen and oxygen atoms in total. The SMILES string of the molecule is C=C(/C=C\C(C#N)=C/C)[C@@H]1C2=C(CCN(C)C2=O)N(c2cccc(C(F)(F)F)c2)C(=O)N1C. The Morgan fingerprint density at radius 2 is 1.94 bits per heavy atom. The van der Waals surface area contributed by atoms with Gasteiger partial charge in [-0.15, -0.1) is 0 Å². The summed E-state index contributed by atoms with van der Waals surface area (Å²) in [7, 11) is 3.10. The van der Waals surface area contributed by atoms with E-state index in [4.69, 9.17) is 5.26 Å². The number of halogens is 3. The van der Waals surface area contributed by atoms with Gasteiger partial charge in [0.1, 0.15) is 0 Å². The zero-order chi connectivity index (χ0) is 24.5. The second-order valence-electron chi connectivity index (χ2n) is 7.78. The first-order valence-electron chi connectivity index (χ1n) is 10.2. The Morgan fingerprint density at radius 3 is 2.55 bits per heavy atom. The number of urea groups is 1. The number of carbonyl (C=O) groups is 2. The Morgan fingerprint density at radius 1 is 1.24 bits per heavy atom. The van der Waals surface area contributed by atoms with E-state index in [9.17, 15) is 22.8 Å². The number of amides is 3. The molecule has 2 aliphatic rings. The van der Waals surface area contributed by atoms with Gasteiger partial charge in [-0.1, -0.05) is 24.8 Å². The highest BCUT2D eigenvalue weighted by atomic mass is 19.4. The molecule has 2 aliphatic heterocycles. The van der Waals surface area contributed by atoms with Crippen LogP contribution in [0.3, 0.4) is 0 Å². The molecule has 1 aromatic carbocycles. The van der Waals surface area contributed by atoms with Crippen molar-refractivity contribution in [2.24, 2.45) is 0 Å². The molecular weight excluding hydrogens is 433 g/mol. The van der Waals surface area contributed by atoms with Crippen molar-refractivity contribution in [2.45, 2.75) is 25.6 Å². The van der Waals surface area contributed by atoms with Gasteiger partial charge in [-0.25, -0.2) is 4.79 Å². The molecule has 1 aromatic rings. The number of nitrogens with zero attached hydrogens (tertiary/aromatic N) is 4. The summed E-state index contributed by atoms with van der Waals surface area (Å²) >= 11 is 0. The topological polar surface area (TPSA) is 67.6 Å². The highest BCUT2D eigenvalue weighted by molar-refractivity contribution is 6.06. The lowest BCUT2D eigenvalue weighted by Gasteiger charge is -2.45. The predicted octanol–water partition coefficient (Wildman–Crippen LogP) is 4.64. The van der Waals surface area contributed by atoms with Gasteiger partial charge in [-0.3, -0.25) is 9.69 Å². The molecule has 0 N–H and O–H groups in total. The van der Waals surface area contributed by atoms with Gasteiger partial charge in [0.05, 0.1) is 28.9 Å². The maximum Gasteiger partial charge on any atom is 0.416 e. The number of benzene rings is 1. The highest BCUT2D eigenvalue weighted by Gasteiger charge is 2.44. The van der Waals surface area contributed by atoms with E-state index in [0.29, 0.717) is 29.8 Å². The number of alkyl halides is 3. The van der Waals surface area contributed by atoms with Crippen molar-refractivity contribution in [3.8, 4) is 6.07 Å². The van der Waals surface area contributed by atoms with Crippen molar-refractivity contribution in [1.29, 1.82) is 5.26 Å². The molecule has 0 radical (unpaired) electrons. The van der Waals surface area contributed by atoms with E-state index in [1.807, 2.05) is 6.07 Å². The maximum absolute atomic E-state index is 13.4. The lowest BCUT2D eigenvalue weighted by atomic mass is 9.89. The van der Waals surface area contributed by atoms with Crippen LogP contribution in [-0.4, -0.2) is 48.4 Å². The van der Waals surface area contributed by atoms with Gasteiger partial charge in [0, 0.05) is 38.3 Å².